The molecule has 0 saturated carbocycles. The molecular formula is C9H6N2O4. The minimum absolute atomic E-state index is 0.00231. The molecule has 15 heavy (non-hydrogen) atoms. The summed E-state index contributed by atoms with van der Waals surface area (Å²) in [5.74, 6) is -1.33. The molecule has 0 radical (unpaired) electrons. The molecule has 0 unspecified atom stereocenters. The molecule has 0 spiro atoms. The summed E-state index contributed by atoms with van der Waals surface area (Å²) < 4.78 is 1.16. The smallest absolute Gasteiger partial charge is 0.357 e. The third-order valence-corrected chi connectivity index (χ3v) is 1.97. The van der Waals surface area contributed by atoms with Gasteiger partial charge in [0.25, 0.3) is 0 Å². The fourth-order valence-electron chi connectivity index (χ4n) is 1.33. The van der Waals surface area contributed by atoms with Crippen LogP contribution in [0.4, 0.5) is 0 Å². The number of aromatic hydroxyl groups is 1. The molecule has 76 valence electrons. The van der Waals surface area contributed by atoms with E-state index >= 15 is 0 Å². The predicted molar refractivity (Wildman–Crippen MR) is 49.2 cm³/mol. The summed E-state index contributed by atoms with van der Waals surface area (Å²) in [5, 5.41) is 21.6. The Morgan fingerprint density at radius 2 is 2.20 bits per heavy atom. The number of aldehydes is 1. The van der Waals surface area contributed by atoms with Gasteiger partial charge in [-0.1, -0.05) is 0 Å². The minimum atomic E-state index is -1.28. The quantitative estimate of drug-likeness (QED) is 0.700. The number of pyridine rings is 1. The lowest BCUT2D eigenvalue weighted by atomic mass is 10.2. The van der Waals surface area contributed by atoms with Gasteiger partial charge in [-0.05, 0) is 12.1 Å². The van der Waals surface area contributed by atoms with Crippen LogP contribution in [-0.2, 0) is 0 Å². The van der Waals surface area contributed by atoms with Gasteiger partial charge in [0.1, 0.15) is 5.75 Å². The Kier molecular flexibility index (Phi) is 1.89. The highest BCUT2D eigenvalue weighted by atomic mass is 16.4. The lowest BCUT2D eigenvalue weighted by molar-refractivity contribution is 0.0687. The van der Waals surface area contributed by atoms with Crippen LogP contribution in [0.3, 0.4) is 0 Å². The lowest BCUT2D eigenvalue weighted by Crippen LogP contribution is -2.00. The van der Waals surface area contributed by atoms with Crippen LogP contribution in [0.5, 0.6) is 5.75 Å². The van der Waals surface area contributed by atoms with Gasteiger partial charge in [-0.25, -0.2) is 9.31 Å². The summed E-state index contributed by atoms with van der Waals surface area (Å²) in [6, 6.07) is 2.79. The summed E-state index contributed by atoms with van der Waals surface area (Å²) in [6.45, 7) is 0. The topological polar surface area (TPSA) is 91.9 Å². The molecule has 2 N–H and O–H groups in total. The molecule has 0 fully saturated rings. The average molecular weight is 206 g/mol. The van der Waals surface area contributed by atoms with Crippen molar-refractivity contribution in [3.63, 3.8) is 0 Å². The van der Waals surface area contributed by atoms with Crippen LogP contribution < -0.4 is 0 Å². The van der Waals surface area contributed by atoms with Crippen LogP contribution >= 0.6 is 0 Å². The maximum absolute atomic E-state index is 10.7. The Labute approximate surface area is 83.4 Å². The first-order valence-electron chi connectivity index (χ1n) is 4.03. The Bertz CT molecular complexity index is 558. The molecular weight excluding hydrogens is 200 g/mol. The molecule has 2 aromatic heterocycles. The van der Waals surface area contributed by atoms with E-state index in [0.29, 0.717) is 11.8 Å². The van der Waals surface area contributed by atoms with E-state index in [2.05, 4.69) is 5.10 Å². The number of nitrogens with zero attached hydrogens (tertiary/aromatic N) is 2. The monoisotopic (exact) mass is 206 g/mol. The van der Waals surface area contributed by atoms with Crippen molar-refractivity contribution < 1.29 is 19.8 Å². The van der Waals surface area contributed by atoms with Crippen LogP contribution in [0.2, 0.25) is 0 Å². The van der Waals surface area contributed by atoms with Gasteiger partial charge >= 0.3 is 5.97 Å². The number of carbonyl (C=O) groups excluding carboxylic acids is 1. The van der Waals surface area contributed by atoms with E-state index in [-0.39, 0.29) is 17.0 Å². The maximum atomic E-state index is 10.7. The molecule has 2 aromatic rings. The van der Waals surface area contributed by atoms with Crippen LogP contribution in [0.1, 0.15) is 20.8 Å². The first-order chi connectivity index (χ1) is 7.13. The summed E-state index contributed by atoms with van der Waals surface area (Å²) in [4.78, 5) is 21.5. The predicted octanol–water partition coefficient (Wildman–Crippen LogP) is 0.551. The van der Waals surface area contributed by atoms with E-state index in [1.807, 2.05) is 0 Å². The number of fused-ring (bicyclic) bond motifs is 1. The molecule has 6 nitrogen and oxygen atoms in total. The Hall–Kier alpha value is -2.37. The summed E-state index contributed by atoms with van der Waals surface area (Å²) in [6.07, 6.45) is 1.66. The molecule has 2 rings (SSSR count). The maximum Gasteiger partial charge on any atom is 0.357 e. The summed E-state index contributed by atoms with van der Waals surface area (Å²) in [7, 11) is 0. The summed E-state index contributed by atoms with van der Waals surface area (Å²) >= 11 is 0. The number of aromatic nitrogens is 2. The molecule has 0 aromatic carbocycles. The number of hydrogen-bond acceptors (Lipinski definition) is 4. The van der Waals surface area contributed by atoms with E-state index in [1.165, 1.54) is 18.3 Å². The second kappa shape index (κ2) is 3.09. The third kappa shape index (κ3) is 1.32. The Balaban J connectivity index is 2.84. The first kappa shape index (κ1) is 9.20. The van der Waals surface area contributed by atoms with Gasteiger partial charge in [0.2, 0.25) is 0 Å². The highest BCUT2D eigenvalue weighted by Gasteiger charge is 2.17. The van der Waals surface area contributed by atoms with Crippen molar-refractivity contribution in [3.8, 4) is 5.75 Å². The molecule has 0 aliphatic rings. The number of aromatic carboxylic acids is 1. The zero-order valence-corrected chi connectivity index (χ0v) is 7.41. The van der Waals surface area contributed by atoms with Gasteiger partial charge in [-0.3, -0.25) is 4.79 Å². The molecule has 0 atom stereocenters. The normalized spacial score (nSPS) is 10.4. The zero-order chi connectivity index (χ0) is 11.0. The van der Waals surface area contributed by atoms with Crippen molar-refractivity contribution in [2.45, 2.75) is 0 Å². The molecule has 0 bridgehead atoms. The molecule has 0 aliphatic carbocycles. The Morgan fingerprint density at radius 1 is 1.47 bits per heavy atom. The molecule has 0 amide bonds. The van der Waals surface area contributed by atoms with E-state index in [4.69, 9.17) is 10.2 Å². The van der Waals surface area contributed by atoms with Crippen molar-refractivity contribution in [1.82, 2.24) is 9.61 Å². The largest absolute Gasteiger partial charge is 0.506 e. The summed E-state index contributed by atoms with van der Waals surface area (Å²) in [5.41, 5.74) is 0.0262. The van der Waals surface area contributed by atoms with E-state index in [9.17, 15) is 9.59 Å². The zero-order valence-electron chi connectivity index (χ0n) is 7.41. The number of carboxylic acids is 1. The standard InChI is InChI=1S/C9H6N2O4/c12-4-6-7-2-1-5(13)3-11(7)10-8(6)9(14)15/h1-4,13H,(H,14,15). The first-order valence-corrected chi connectivity index (χ1v) is 4.03. The van der Waals surface area contributed by atoms with E-state index < -0.39 is 5.97 Å². The van der Waals surface area contributed by atoms with Gasteiger partial charge in [-0.15, -0.1) is 0 Å². The lowest BCUT2D eigenvalue weighted by Gasteiger charge is -1.93. The highest BCUT2D eigenvalue weighted by molar-refractivity contribution is 6.00. The van der Waals surface area contributed by atoms with Gasteiger partial charge in [-0.2, -0.15) is 5.10 Å². The number of carboxylic acid groups (broad SMARTS) is 1. The van der Waals surface area contributed by atoms with Gasteiger partial charge < -0.3 is 10.2 Å². The highest BCUT2D eigenvalue weighted by Crippen LogP contribution is 2.17. The Morgan fingerprint density at radius 3 is 2.80 bits per heavy atom. The minimum Gasteiger partial charge on any atom is -0.506 e. The number of rotatable bonds is 2. The van der Waals surface area contributed by atoms with Crippen molar-refractivity contribution in [2.24, 2.45) is 0 Å². The van der Waals surface area contributed by atoms with Crippen LogP contribution in [0.25, 0.3) is 5.52 Å². The van der Waals surface area contributed by atoms with Crippen LogP contribution in [0, 0.1) is 0 Å². The second-order valence-electron chi connectivity index (χ2n) is 2.90. The molecule has 0 saturated heterocycles. The third-order valence-electron chi connectivity index (χ3n) is 1.97. The molecule has 0 aliphatic heterocycles. The van der Waals surface area contributed by atoms with E-state index in [1.54, 1.807) is 0 Å². The van der Waals surface area contributed by atoms with Crippen molar-refractivity contribution in [2.75, 3.05) is 0 Å². The number of hydrogen-bond donors (Lipinski definition) is 2. The van der Waals surface area contributed by atoms with Crippen LogP contribution in [0.15, 0.2) is 18.3 Å². The fourth-order valence-corrected chi connectivity index (χ4v) is 1.33. The van der Waals surface area contributed by atoms with Gasteiger partial charge in [0.05, 0.1) is 17.3 Å². The average Bonchev–Trinajstić information content (AvgIpc) is 2.55. The molecule has 2 heterocycles. The SMILES string of the molecule is O=Cc1c(C(=O)O)nn2cc(O)ccc12. The van der Waals surface area contributed by atoms with Crippen molar-refractivity contribution in [3.05, 3.63) is 29.6 Å². The molecule has 6 heteroatoms. The van der Waals surface area contributed by atoms with Crippen molar-refractivity contribution in [1.29, 1.82) is 0 Å². The van der Waals surface area contributed by atoms with Crippen LogP contribution in [-0.4, -0.2) is 32.1 Å². The van der Waals surface area contributed by atoms with Gasteiger partial charge in [0.15, 0.2) is 12.0 Å². The van der Waals surface area contributed by atoms with Crippen molar-refractivity contribution >= 4 is 17.8 Å². The van der Waals surface area contributed by atoms with Gasteiger partial charge in [0, 0.05) is 0 Å². The number of carbonyl (C=O) groups is 2. The second-order valence-corrected chi connectivity index (χ2v) is 2.90. The fraction of sp³-hybridized carbons (Fsp3) is 0. The van der Waals surface area contributed by atoms with E-state index in [0.717, 1.165) is 4.52 Å².